The van der Waals surface area contributed by atoms with Crippen molar-refractivity contribution < 1.29 is 14.0 Å². The Labute approximate surface area is 110 Å². The van der Waals surface area contributed by atoms with Crippen LogP contribution in [-0.4, -0.2) is 17.7 Å². The molecule has 1 aliphatic carbocycles. The van der Waals surface area contributed by atoms with Crippen LogP contribution in [0.2, 0.25) is 0 Å². The van der Waals surface area contributed by atoms with E-state index in [1.165, 1.54) is 6.92 Å². The summed E-state index contributed by atoms with van der Waals surface area (Å²) in [7, 11) is 0. The van der Waals surface area contributed by atoms with E-state index in [-0.39, 0.29) is 23.7 Å². The number of hydrogen-bond donors (Lipinski definition) is 1. The smallest absolute Gasteiger partial charge is 0.339 e. The van der Waals surface area contributed by atoms with Crippen molar-refractivity contribution in [3.8, 4) is 0 Å². The summed E-state index contributed by atoms with van der Waals surface area (Å²) in [6.45, 7) is 1.42. The molecule has 1 N–H and O–H groups in total. The Morgan fingerprint density at radius 1 is 1.21 bits per heavy atom. The number of nitrogens with one attached hydrogen (secondary N) is 1. The normalized spacial score (nSPS) is 21.3. The van der Waals surface area contributed by atoms with Crippen molar-refractivity contribution in [1.82, 2.24) is 5.32 Å². The molecule has 0 fully saturated rings. The molecule has 100 valence electrons. The van der Waals surface area contributed by atoms with E-state index in [9.17, 15) is 14.4 Å². The summed E-state index contributed by atoms with van der Waals surface area (Å²) in [4.78, 5) is 35.5. The minimum absolute atomic E-state index is 0.126. The molecular weight excluding hydrogens is 246 g/mol. The number of amides is 1. The van der Waals surface area contributed by atoms with E-state index in [1.807, 2.05) is 0 Å². The predicted molar refractivity (Wildman–Crippen MR) is 67.3 cm³/mol. The van der Waals surface area contributed by atoms with E-state index in [4.69, 9.17) is 4.42 Å². The second-order valence-corrected chi connectivity index (χ2v) is 5.19. The Morgan fingerprint density at radius 3 is 2.58 bits per heavy atom. The Hall–Kier alpha value is -1.91. The molecule has 2 heterocycles. The molecule has 3 rings (SSSR count). The molecule has 2 aliphatic rings. The molecule has 1 aromatic rings. The average molecular weight is 261 g/mol. The lowest BCUT2D eigenvalue weighted by atomic mass is 9.86. The highest BCUT2D eigenvalue weighted by Gasteiger charge is 2.33. The van der Waals surface area contributed by atoms with Crippen LogP contribution in [-0.2, 0) is 24.1 Å². The van der Waals surface area contributed by atoms with Gasteiger partial charge in [0.1, 0.15) is 5.76 Å². The van der Waals surface area contributed by atoms with E-state index < -0.39 is 6.04 Å². The zero-order valence-corrected chi connectivity index (χ0v) is 10.7. The van der Waals surface area contributed by atoms with Crippen LogP contribution in [0.15, 0.2) is 9.21 Å². The molecule has 0 saturated heterocycles. The lowest BCUT2D eigenvalue weighted by molar-refractivity contribution is -0.119. The van der Waals surface area contributed by atoms with E-state index in [0.717, 1.165) is 24.8 Å². The van der Waals surface area contributed by atoms with Gasteiger partial charge in [-0.3, -0.25) is 9.59 Å². The van der Waals surface area contributed by atoms with Crippen LogP contribution in [0.5, 0.6) is 0 Å². The second kappa shape index (κ2) is 4.33. The van der Waals surface area contributed by atoms with Gasteiger partial charge in [-0.2, -0.15) is 0 Å². The third-order valence-corrected chi connectivity index (χ3v) is 3.92. The lowest BCUT2D eigenvalue weighted by Gasteiger charge is -2.26. The summed E-state index contributed by atoms with van der Waals surface area (Å²) in [6, 6.07) is -0.579. The van der Waals surface area contributed by atoms with Gasteiger partial charge in [-0.15, -0.1) is 0 Å². The molecule has 0 radical (unpaired) electrons. The molecule has 1 atom stereocenters. The molecule has 1 unspecified atom stereocenters. The van der Waals surface area contributed by atoms with Gasteiger partial charge in [0.15, 0.2) is 5.78 Å². The van der Waals surface area contributed by atoms with Gasteiger partial charge in [0.2, 0.25) is 0 Å². The molecule has 1 aromatic heterocycles. The van der Waals surface area contributed by atoms with Crippen LogP contribution in [0.3, 0.4) is 0 Å². The van der Waals surface area contributed by atoms with Gasteiger partial charge >= 0.3 is 5.63 Å². The van der Waals surface area contributed by atoms with Crippen molar-refractivity contribution in [3.05, 3.63) is 32.9 Å². The molecule has 0 saturated carbocycles. The van der Waals surface area contributed by atoms with E-state index in [1.54, 1.807) is 0 Å². The molecule has 1 aliphatic heterocycles. The summed E-state index contributed by atoms with van der Waals surface area (Å²) in [5.74, 6) is -0.0441. The topological polar surface area (TPSA) is 76.4 Å². The number of Topliss-reactive ketones (excluding diaryl/α,β-unsaturated/α-hetero) is 1. The number of rotatable bonds is 1. The van der Waals surface area contributed by atoms with E-state index >= 15 is 0 Å². The number of hydrogen-bond acceptors (Lipinski definition) is 4. The lowest BCUT2D eigenvalue weighted by Crippen LogP contribution is -2.46. The van der Waals surface area contributed by atoms with Crippen LogP contribution in [0.25, 0.3) is 0 Å². The first kappa shape index (κ1) is 12.1. The van der Waals surface area contributed by atoms with Crippen molar-refractivity contribution in [2.24, 2.45) is 0 Å². The zero-order valence-electron chi connectivity index (χ0n) is 10.7. The number of carbonyl (C=O) groups excluding carboxylic acids is 2. The molecule has 0 bridgehead atoms. The van der Waals surface area contributed by atoms with Crippen LogP contribution in [0.4, 0.5) is 0 Å². The molecule has 1 amide bonds. The minimum atomic E-state index is -0.579. The highest BCUT2D eigenvalue weighted by Crippen LogP contribution is 2.27. The first-order valence-corrected chi connectivity index (χ1v) is 6.57. The summed E-state index contributed by atoms with van der Waals surface area (Å²) >= 11 is 0. The molecule has 0 spiro atoms. The minimum Gasteiger partial charge on any atom is -0.427 e. The van der Waals surface area contributed by atoms with Gasteiger partial charge in [-0.25, -0.2) is 4.79 Å². The Morgan fingerprint density at radius 2 is 1.89 bits per heavy atom. The van der Waals surface area contributed by atoms with E-state index in [2.05, 4.69) is 5.32 Å². The molecule has 19 heavy (non-hydrogen) atoms. The SMILES string of the molecule is CC(=O)C1Cc2oc(=O)c3c(c2C(=O)N1)CCCC3. The fourth-order valence-corrected chi connectivity index (χ4v) is 2.92. The van der Waals surface area contributed by atoms with Gasteiger partial charge in [0.25, 0.3) is 5.91 Å². The number of ketones is 1. The van der Waals surface area contributed by atoms with Crippen molar-refractivity contribution in [1.29, 1.82) is 0 Å². The number of fused-ring (bicyclic) bond motifs is 3. The second-order valence-electron chi connectivity index (χ2n) is 5.19. The van der Waals surface area contributed by atoms with Crippen molar-refractivity contribution in [2.75, 3.05) is 0 Å². The largest absolute Gasteiger partial charge is 0.427 e. The first-order valence-electron chi connectivity index (χ1n) is 6.57. The van der Waals surface area contributed by atoms with Crippen molar-refractivity contribution in [2.45, 2.75) is 45.1 Å². The quantitative estimate of drug-likeness (QED) is 0.809. The summed E-state index contributed by atoms with van der Waals surface area (Å²) < 4.78 is 5.28. The summed E-state index contributed by atoms with van der Waals surface area (Å²) in [5, 5.41) is 2.69. The third-order valence-electron chi connectivity index (χ3n) is 3.92. The Balaban J connectivity index is 2.16. The van der Waals surface area contributed by atoms with Gasteiger partial charge in [-0.05, 0) is 38.2 Å². The molecule has 5 nitrogen and oxygen atoms in total. The molecular formula is C14H15NO4. The van der Waals surface area contributed by atoms with Crippen molar-refractivity contribution in [3.63, 3.8) is 0 Å². The monoisotopic (exact) mass is 261 g/mol. The van der Waals surface area contributed by atoms with E-state index in [0.29, 0.717) is 23.3 Å². The maximum absolute atomic E-state index is 12.2. The zero-order chi connectivity index (χ0) is 13.6. The highest BCUT2D eigenvalue weighted by atomic mass is 16.4. The Bertz CT molecular complexity index is 629. The highest BCUT2D eigenvalue weighted by molar-refractivity contribution is 6.01. The van der Waals surface area contributed by atoms with Gasteiger partial charge in [0, 0.05) is 12.0 Å². The molecule has 5 heteroatoms. The fourth-order valence-electron chi connectivity index (χ4n) is 2.92. The molecule has 0 aromatic carbocycles. The van der Waals surface area contributed by atoms with Gasteiger partial charge < -0.3 is 9.73 Å². The van der Waals surface area contributed by atoms with Crippen LogP contribution >= 0.6 is 0 Å². The van der Waals surface area contributed by atoms with Crippen LogP contribution in [0, 0.1) is 0 Å². The summed E-state index contributed by atoms with van der Waals surface area (Å²) in [6.07, 6.45) is 3.62. The summed E-state index contributed by atoms with van der Waals surface area (Å²) in [5.41, 5.74) is 1.62. The van der Waals surface area contributed by atoms with Crippen LogP contribution in [0.1, 0.15) is 47.0 Å². The average Bonchev–Trinajstić information content (AvgIpc) is 2.38. The maximum atomic E-state index is 12.2. The van der Waals surface area contributed by atoms with Gasteiger partial charge in [0.05, 0.1) is 11.6 Å². The predicted octanol–water partition coefficient (Wildman–Crippen LogP) is 0.762. The van der Waals surface area contributed by atoms with Gasteiger partial charge in [-0.1, -0.05) is 0 Å². The van der Waals surface area contributed by atoms with Crippen LogP contribution < -0.4 is 10.9 Å². The fraction of sp³-hybridized carbons (Fsp3) is 0.500. The van der Waals surface area contributed by atoms with Crippen molar-refractivity contribution >= 4 is 11.7 Å². The standard InChI is InChI=1S/C14H15NO4/c1-7(16)10-6-11-12(13(17)15-10)8-4-2-3-5-9(8)14(18)19-11/h10H,2-6H2,1H3,(H,15,17). The Kier molecular flexibility index (Phi) is 2.77. The first-order chi connectivity index (χ1) is 9.08. The number of carbonyl (C=O) groups is 2. The maximum Gasteiger partial charge on any atom is 0.339 e. The third kappa shape index (κ3) is 1.89.